The molecule has 1 unspecified atom stereocenters. The van der Waals surface area contributed by atoms with E-state index in [1.165, 1.54) is 18.2 Å². The van der Waals surface area contributed by atoms with Gasteiger partial charge in [-0.15, -0.1) is 0 Å². The molecular weight excluding hydrogens is 499 g/mol. The number of nitrogens with zero attached hydrogens (tertiary/aromatic N) is 3. The SMILES string of the molecule is NS(=O)(=O)c1cc(C(=O)N2CCC(CN3CCN(C(=O)c4ccc(Cl)cc4)CC3)C2)ccc1Cl. The van der Waals surface area contributed by atoms with E-state index < -0.39 is 10.0 Å². The Morgan fingerprint density at radius 3 is 2.15 bits per heavy atom. The Morgan fingerprint density at radius 2 is 1.50 bits per heavy atom. The standard InChI is InChI=1S/C23H26Cl2N4O4S/c24-19-4-1-17(2-5-19)22(30)28-11-9-27(10-12-28)14-16-7-8-29(15-16)23(31)18-3-6-20(25)21(13-18)34(26,32)33/h1-6,13,16H,7-12,14-15H2,(H2,26,32,33). The molecule has 34 heavy (non-hydrogen) atoms. The summed E-state index contributed by atoms with van der Waals surface area (Å²) in [4.78, 5) is 31.3. The van der Waals surface area contributed by atoms with Gasteiger partial charge in [0.1, 0.15) is 4.90 Å². The Kier molecular flexibility index (Phi) is 7.49. The van der Waals surface area contributed by atoms with Gasteiger partial charge >= 0.3 is 0 Å². The van der Waals surface area contributed by atoms with Gasteiger partial charge in [0, 0.05) is 62.0 Å². The average Bonchev–Trinajstić information content (AvgIpc) is 3.27. The third-order valence-corrected chi connectivity index (χ3v) is 7.97. The van der Waals surface area contributed by atoms with Crippen LogP contribution in [0.25, 0.3) is 0 Å². The van der Waals surface area contributed by atoms with Gasteiger partial charge in [0.05, 0.1) is 5.02 Å². The van der Waals surface area contributed by atoms with Gasteiger partial charge in [-0.1, -0.05) is 23.2 Å². The summed E-state index contributed by atoms with van der Waals surface area (Å²) in [6.07, 6.45) is 0.866. The smallest absolute Gasteiger partial charge is 0.253 e. The molecule has 8 nitrogen and oxygen atoms in total. The number of hydrogen-bond acceptors (Lipinski definition) is 5. The highest BCUT2D eigenvalue weighted by Gasteiger charge is 2.30. The van der Waals surface area contributed by atoms with Crippen molar-refractivity contribution in [2.24, 2.45) is 11.1 Å². The van der Waals surface area contributed by atoms with E-state index in [0.717, 1.165) is 26.1 Å². The Morgan fingerprint density at radius 1 is 0.882 bits per heavy atom. The Hall–Kier alpha value is -2.17. The molecule has 0 saturated carbocycles. The second-order valence-corrected chi connectivity index (χ2v) is 11.1. The van der Waals surface area contributed by atoms with E-state index in [1.54, 1.807) is 29.2 Å². The number of sulfonamides is 1. The molecule has 2 aromatic rings. The number of halogens is 2. The number of hydrogen-bond donors (Lipinski definition) is 1. The van der Waals surface area contributed by atoms with Gasteiger partial charge in [0.2, 0.25) is 10.0 Å². The first-order valence-corrected chi connectivity index (χ1v) is 13.3. The van der Waals surface area contributed by atoms with Gasteiger partial charge in [0.15, 0.2) is 0 Å². The topological polar surface area (TPSA) is 104 Å². The van der Waals surface area contributed by atoms with Crippen LogP contribution < -0.4 is 5.14 Å². The molecule has 2 aromatic carbocycles. The minimum absolute atomic E-state index is 0.00738. The van der Waals surface area contributed by atoms with Crippen LogP contribution in [0, 0.1) is 5.92 Å². The summed E-state index contributed by atoms with van der Waals surface area (Å²) in [5.41, 5.74) is 0.888. The van der Waals surface area contributed by atoms with Crippen molar-refractivity contribution in [2.45, 2.75) is 11.3 Å². The Labute approximate surface area is 209 Å². The van der Waals surface area contributed by atoms with Crippen molar-refractivity contribution in [3.8, 4) is 0 Å². The van der Waals surface area contributed by atoms with Crippen LogP contribution in [0.4, 0.5) is 0 Å². The predicted octanol–water partition coefficient (Wildman–Crippen LogP) is 2.56. The number of carbonyl (C=O) groups is 2. The molecular formula is C23H26Cl2N4O4S. The number of primary sulfonamides is 1. The van der Waals surface area contributed by atoms with E-state index in [-0.39, 0.29) is 27.3 Å². The molecule has 2 fully saturated rings. The molecule has 2 heterocycles. The zero-order chi connectivity index (χ0) is 24.5. The van der Waals surface area contributed by atoms with Gasteiger partial charge in [-0.2, -0.15) is 0 Å². The highest BCUT2D eigenvalue weighted by atomic mass is 35.5. The molecule has 0 bridgehead atoms. The van der Waals surface area contributed by atoms with Crippen molar-refractivity contribution < 1.29 is 18.0 Å². The second kappa shape index (κ2) is 10.2. The molecule has 1 atom stereocenters. The van der Waals surface area contributed by atoms with Crippen LogP contribution in [0.1, 0.15) is 27.1 Å². The van der Waals surface area contributed by atoms with Crippen LogP contribution in [0.5, 0.6) is 0 Å². The molecule has 2 aliphatic rings. The average molecular weight is 525 g/mol. The first-order valence-electron chi connectivity index (χ1n) is 11.0. The minimum atomic E-state index is -4.02. The van der Waals surface area contributed by atoms with Crippen molar-refractivity contribution in [3.05, 3.63) is 63.6 Å². The lowest BCUT2D eigenvalue weighted by Gasteiger charge is -2.36. The van der Waals surface area contributed by atoms with E-state index in [9.17, 15) is 18.0 Å². The van der Waals surface area contributed by atoms with E-state index in [0.29, 0.717) is 42.7 Å². The summed E-state index contributed by atoms with van der Waals surface area (Å²) >= 11 is 11.8. The predicted molar refractivity (Wildman–Crippen MR) is 131 cm³/mol. The summed E-state index contributed by atoms with van der Waals surface area (Å²) in [5.74, 6) is 0.0886. The monoisotopic (exact) mass is 524 g/mol. The molecule has 182 valence electrons. The number of carbonyl (C=O) groups excluding carboxylic acids is 2. The fraction of sp³-hybridized carbons (Fsp3) is 0.391. The summed E-state index contributed by atoms with van der Waals surface area (Å²) in [5, 5.41) is 5.80. The molecule has 2 aliphatic heterocycles. The lowest BCUT2D eigenvalue weighted by Crippen LogP contribution is -2.50. The van der Waals surface area contributed by atoms with Crippen LogP contribution in [-0.4, -0.2) is 80.7 Å². The summed E-state index contributed by atoms with van der Waals surface area (Å²) in [6, 6.07) is 11.1. The third-order valence-electron chi connectivity index (χ3n) is 6.32. The molecule has 2 amide bonds. The zero-order valence-electron chi connectivity index (χ0n) is 18.5. The fourth-order valence-electron chi connectivity index (χ4n) is 4.48. The highest BCUT2D eigenvalue weighted by molar-refractivity contribution is 7.89. The van der Waals surface area contributed by atoms with Gasteiger partial charge in [-0.3, -0.25) is 14.5 Å². The number of benzene rings is 2. The van der Waals surface area contributed by atoms with Crippen LogP contribution >= 0.6 is 23.2 Å². The van der Waals surface area contributed by atoms with E-state index in [1.807, 2.05) is 4.90 Å². The number of nitrogens with two attached hydrogens (primary N) is 1. The van der Waals surface area contributed by atoms with Gasteiger partial charge in [0.25, 0.3) is 11.8 Å². The van der Waals surface area contributed by atoms with Gasteiger partial charge < -0.3 is 9.80 Å². The molecule has 2 saturated heterocycles. The van der Waals surface area contributed by atoms with E-state index in [2.05, 4.69) is 4.90 Å². The van der Waals surface area contributed by atoms with Crippen LogP contribution in [0.3, 0.4) is 0 Å². The molecule has 2 N–H and O–H groups in total. The quantitative estimate of drug-likeness (QED) is 0.647. The molecule has 0 spiro atoms. The molecule has 0 aromatic heterocycles. The maximum Gasteiger partial charge on any atom is 0.253 e. The second-order valence-electron chi connectivity index (χ2n) is 8.70. The maximum atomic E-state index is 12.9. The zero-order valence-corrected chi connectivity index (χ0v) is 20.8. The van der Waals surface area contributed by atoms with Crippen molar-refractivity contribution in [1.82, 2.24) is 14.7 Å². The van der Waals surface area contributed by atoms with Crippen molar-refractivity contribution in [3.63, 3.8) is 0 Å². The molecule has 11 heteroatoms. The van der Waals surface area contributed by atoms with Crippen molar-refractivity contribution in [1.29, 1.82) is 0 Å². The summed E-state index contributed by atoms with van der Waals surface area (Å²) < 4.78 is 23.4. The molecule has 0 radical (unpaired) electrons. The van der Waals surface area contributed by atoms with E-state index in [4.69, 9.17) is 28.3 Å². The largest absolute Gasteiger partial charge is 0.338 e. The first kappa shape index (κ1) is 24.9. The van der Waals surface area contributed by atoms with Crippen molar-refractivity contribution >= 4 is 45.0 Å². The fourth-order valence-corrected chi connectivity index (χ4v) is 5.67. The number of likely N-dealkylation sites (tertiary alicyclic amines) is 1. The van der Waals surface area contributed by atoms with E-state index >= 15 is 0 Å². The summed E-state index contributed by atoms with van der Waals surface area (Å²) in [6.45, 7) is 4.89. The first-order chi connectivity index (χ1) is 16.1. The van der Waals surface area contributed by atoms with Crippen LogP contribution in [0.15, 0.2) is 47.4 Å². The molecule has 4 rings (SSSR count). The number of amides is 2. The van der Waals surface area contributed by atoms with Crippen LogP contribution in [0.2, 0.25) is 10.0 Å². The van der Waals surface area contributed by atoms with Crippen LogP contribution in [-0.2, 0) is 10.0 Å². The third kappa shape index (κ3) is 5.72. The highest BCUT2D eigenvalue weighted by Crippen LogP contribution is 2.25. The lowest BCUT2D eigenvalue weighted by molar-refractivity contribution is 0.0612. The number of piperazine rings is 1. The van der Waals surface area contributed by atoms with Crippen molar-refractivity contribution in [2.75, 3.05) is 45.8 Å². The van der Waals surface area contributed by atoms with Gasteiger partial charge in [-0.25, -0.2) is 13.6 Å². The Balaban J connectivity index is 1.29. The summed E-state index contributed by atoms with van der Waals surface area (Å²) in [7, 11) is -4.02. The number of rotatable bonds is 5. The maximum absolute atomic E-state index is 12.9. The van der Waals surface area contributed by atoms with Gasteiger partial charge in [-0.05, 0) is 54.8 Å². The Bertz CT molecular complexity index is 1180. The molecule has 0 aliphatic carbocycles. The minimum Gasteiger partial charge on any atom is -0.338 e. The lowest BCUT2D eigenvalue weighted by atomic mass is 10.1. The normalized spacial score (nSPS) is 19.4.